The first-order valence-corrected chi connectivity index (χ1v) is 4.24. The predicted molar refractivity (Wildman–Crippen MR) is 48.6 cm³/mol. The molecule has 0 radical (unpaired) electrons. The Hall–Kier alpha value is -1.49. The minimum Gasteiger partial charge on any atom is -0.472 e. The molecule has 1 aromatic rings. The van der Waals surface area contributed by atoms with E-state index < -0.39 is 6.09 Å². The van der Waals surface area contributed by atoms with E-state index >= 15 is 0 Å². The molecule has 0 saturated carbocycles. The van der Waals surface area contributed by atoms with Crippen LogP contribution < -0.4 is 0 Å². The third-order valence-electron chi connectivity index (χ3n) is 1.63. The number of nitrogens with zero attached hydrogens (tertiary/aromatic N) is 1. The van der Waals surface area contributed by atoms with Crippen LogP contribution in [0.1, 0.15) is 5.56 Å². The number of hydrogen-bond donors (Lipinski definition) is 1. The lowest BCUT2D eigenvalue weighted by Crippen LogP contribution is -2.27. The van der Waals surface area contributed by atoms with Gasteiger partial charge < -0.3 is 19.2 Å². The van der Waals surface area contributed by atoms with E-state index in [0.29, 0.717) is 6.54 Å². The van der Waals surface area contributed by atoms with E-state index in [-0.39, 0.29) is 13.2 Å². The Bertz CT molecular complexity index is 270. The fraction of sp³-hybridized carbons (Fsp3) is 0.444. The highest BCUT2D eigenvalue weighted by molar-refractivity contribution is 5.67. The Kier molecular flexibility index (Phi) is 4.00. The molecule has 0 spiro atoms. The molecule has 0 aliphatic heterocycles. The van der Waals surface area contributed by atoms with Crippen molar-refractivity contribution >= 4 is 6.09 Å². The van der Waals surface area contributed by atoms with Crippen LogP contribution >= 0.6 is 0 Å². The first-order valence-electron chi connectivity index (χ1n) is 4.24. The average molecular weight is 199 g/mol. The summed E-state index contributed by atoms with van der Waals surface area (Å²) in [5.74, 6) is 0. The van der Waals surface area contributed by atoms with E-state index in [1.807, 2.05) is 0 Å². The highest BCUT2D eigenvalue weighted by atomic mass is 16.6. The van der Waals surface area contributed by atoms with Gasteiger partial charge in [-0.1, -0.05) is 0 Å². The van der Waals surface area contributed by atoms with E-state index in [9.17, 15) is 4.79 Å². The summed E-state index contributed by atoms with van der Waals surface area (Å²) in [7, 11) is 1.62. The second-order valence-corrected chi connectivity index (χ2v) is 2.83. The van der Waals surface area contributed by atoms with Gasteiger partial charge in [0.1, 0.15) is 6.61 Å². The molecule has 0 aromatic carbocycles. The molecule has 5 heteroatoms. The zero-order valence-electron chi connectivity index (χ0n) is 7.97. The van der Waals surface area contributed by atoms with Gasteiger partial charge in [0.15, 0.2) is 0 Å². The Morgan fingerprint density at radius 3 is 3.07 bits per heavy atom. The molecule has 0 unspecified atom stereocenters. The molecule has 14 heavy (non-hydrogen) atoms. The van der Waals surface area contributed by atoms with Crippen LogP contribution in [0, 0.1) is 0 Å². The fourth-order valence-electron chi connectivity index (χ4n) is 0.964. The largest absolute Gasteiger partial charge is 0.472 e. The minimum absolute atomic E-state index is 0.0224. The molecule has 1 rings (SSSR count). The van der Waals surface area contributed by atoms with Gasteiger partial charge in [-0.3, -0.25) is 0 Å². The number of carbonyl (C=O) groups excluding carboxylic acids is 1. The summed E-state index contributed by atoms with van der Waals surface area (Å²) in [6.45, 7) is 0.292. The maximum absolute atomic E-state index is 11.2. The van der Waals surface area contributed by atoms with E-state index in [1.165, 1.54) is 4.90 Å². The molecular formula is C9H13NO4. The number of amides is 1. The van der Waals surface area contributed by atoms with Gasteiger partial charge in [0.2, 0.25) is 0 Å². The number of furan rings is 1. The summed E-state index contributed by atoms with van der Waals surface area (Å²) in [5, 5.41) is 8.44. The van der Waals surface area contributed by atoms with Crippen molar-refractivity contribution in [2.24, 2.45) is 0 Å². The molecule has 0 aliphatic carbocycles. The third kappa shape index (κ3) is 3.10. The Labute approximate surface area is 81.9 Å². The lowest BCUT2D eigenvalue weighted by molar-refractivity contribution is 0.0893. The van der Waals surface area contributed by atoms with Crippen molar-refractivity contribution in [2.75, 3.05) is 20.3 Å². The molecule has 1 aromatic heterocycles. The summed E-state index contributed by atoms with van der Waals surface area (Å²) in [6, 6.07) is 1.77. The predicted octanol–water partition coefficient (Wildman–Crippen LogP) is 0.840. The SMILES string of the molecule is CN(Cc1ccoc1)C(=O)OCCO. The summed E-state index contributed by atoms with van der Waals surface area (Å²) < 4.78 is 9.57. The van der Waals surface area contributed by atoms with Gasteiger partial charge in [-0.2, -0.15) is 0 Å². The molecule has 0 atom stereocenters. The van der Waals surface area contributed by atoms with Crippen molar-refractivity contribution in [3.05, 3.63) is 24.2 Å². The quantitative estimate of drug-likeness (QED) is 0.780. The van der Waals surface area contributed by atoms with Crippen molar-refractivity contribution in [3.63, 3.8) is 0 Å². The second-order valence-electron chi connectivity index (χ2n) is 2.83. The van der Waals surface area contributed by atoms with Crippen molar-refractivity contribution < 1.29 is 19.1 Å². The first-order chi connectivity index (χ1) is 6.74. The average Bonchev–Trinajstić information content (AvgIpc) is 2.66. The third-order valence-corrected chi connectivity index (χ3v) is 1.63. The summed E-state index contributed by atoms with van der Waals surface area (Å²) in [6.07, 6.45) is 2.65. The van der Waals surface area contributed by atoms with Gasteiger partial charge in [0, 0.05) is 12.6 Å². The molecule has 5 nitrogen and oxygen atoms in total. The maximum atomic E-state index is 11.2. The molecule has 0 saturated heterocycles. The lowest BCUT2D eigenvalue weighted by atomic mass is 10.3. The van der Waals surface area contributed by atoms with Gasteiger partial charge in [-0.25, -0.2) is 4.79 Å². The number of aliphatic hydroxyl groups is 1. The van der Waals surface area contributed by atoms with Crippen LogP contribution in [0.2, 0.25) is 0 Å². The second kappa shape index (κ2) is 5.29. The molecule has 78 valence electrons. The van der Waals surface area contributed by atoms with Crippen molar-refractivity contribution in [2.45, 2.75) is 6.54 Å². The summed E-state index contributed by atoms with van der Waals surface area (Å²) in [5.41, 5.74) is 0.897. The van der Waals surface area contributed by atoms with Gasteiger partial charge >= 0.3 is 6.09 Å². The zero-order valence-corrected chi connectivity index (χ0v) is 7.97. The van der Waals surface area contributed by atoms with Crippen LogP contribution in [-0.2, 0) is 11.3 Å². The number of carbonyl (C=O) groups is 1. The highest BCUT2D eigenvalue weighted by Gasteiger charge is 2.10. The van der Waals surface area contributed by atoms with Crippen LogP contribution in [0.15, 0.2) is 23.0 Å². The van der Waals surface area contributed by atoms with E-state index in [0.717, 1.165) is 5.56 Å². The van der Waals surface area contributed by atoms with Gasteiger partial charge in [0.25, 0.3) is 0 Å². The molecular weight excluding hydrogens is 186 g/mol. The Morgan fingerprint density at radius 2 is 2.50 bits per heavy atom. The van der Waals surface area contributed by atoms with E-state index in [4.69, 9.17) is 14.3 Å². The molecule has 1 amide bonds. The topological polar surface area (TPSA) is 62.9 Å². The van der Waals surface area contributed by atoms with Crippen LogP contribution in [0.3, 0.4) is 0 Å². The van der Waals surface area contributed by atoms with Crippen LogP contribution in [0.4, 0.5) is 4.79 Å². The smallest absolute Gasteiger partial charge is 0.409 e. The zero-order chi connectivity index (χ0) is 10.4. The molecule has 0 aliphatic rings. The number of aliphatic hydroxyl groups excluding tert-OH is 1. The van der Waals surface area contributed by atoms with Crippen LogP contribution in [-0.4, -0.2) is 36.4 Å². The van der Waals surface area contributed by atoms with Crippen LogP contribution in [0.25, 0.3) is 0 Å². The molecule has 0 fully saturated rings. The standard InChI is InChI=1S/C9H13NO4/c1-10(9(12)14-5-3-11)6-8-2-4-13-7-8/h2,4,7,11H,3,5-6H2,1H3. The summed E-state index contributed by atoms with van der Waals surface area (Å²) >= 11 is 0. The van der Waals surface area contributed by atoms with Gasteiger partial charge in [-0.15, -0.1) is 0 Å². The number of hydrogen-bond acceptors (Lipinski definition) is 4. The minimum atomic E-state index is -0.458. The lowest BCUT2D eigenvalue weighted by Gasteiger charge is -2.15. The van der Waals surface area contributed by atoms with Crippen molar-refractivity contribution in [3.8, 4) is 0 Å². The number of rotatable bonds is 4. The normalized spacial score (nSPS) is 9.86. The fourth-order valence-corrected chi connectivity index (χ4v) is 0.964. The monoisotopic (exact) mass is 199 g/mol. The Morgan fingerprint density at radius 1 is 1.71 bits per heavy atom. The number of ether oxygens (including phenoxy) is 1. The molecule has 1 N–H and O–H groups in total. The van der Waals surface area contributed by atoms with Gasteiger partial charge in [0.05, 0.1) is 25.7 Å². The van der Waals surface area contributed by atoms with E-state index in [1.54, 1.807) is 25.6 Å². The Balaban J connectivity index is 2.34. The van der Waals surface area contributed by atoms with Crippen LogP contribution in [0.5, 0.6) is 0 Å². The maximum Gasteiger partial charge on any atom is 0.409 e. The first kappa shape index (κ1) is 10.6. The highest BCUT2D eigenvalue weighted by Crippen LogP contribution is 2.04. The van der Waals surface area contributed by atoms with Gasteiger partial charge in [-0.05, 0) is 6.07 Å². The molecule has 1 heterocycles. The summed E-state index contributed by atoms with van der Waals surface area (Å²) in [4.78, 5) is 12.6. The van der Waals surface area contributed by atoms with Crippen molar-refractivity contribution in [1.29, 1.82) is 0 Å². The van der Waals surface area contributed by atoms with Crippen molar-refractivity contribution in [1.82, 2.24) is 4.90 Å². The molecule has 0 bridgehead atoms. The van der Waals surface area contributed by atoms with E-state index in [2.05, 4.69) is 0 Å².